The summed E-state index contributed by atoms with van der Waals surface area (Å²) in [6, 6.07) is 2.07. The van der Waals surface area contributed by atoms with Crippen molar-refractivity contribution in [2.45, 2.75) is 64.4 Å². The average Bonchev–Trinajstić information content (AvgIpc) is 2.95. The van der Waals surface area contributed by atoms with E-state index in [4.69, 9.17) is 14.7 Å². The van der Waals surface area contributed by atoms with Crippen molar-refractivity contribution in [3.05, 3.63) is 17.6 Å². The van der Waals surface area contributed by atoms with Gasteiger partial charge in [-0.15, -0.1) is 0 Å². The molecule has 1 fully saturated rings. The van der Waals surface area contributed by atoms with E-state index in [-0.39, 0.29) is 5.60 Å². The van der Waals surface area contributed by atoms with Gasteiger partial charge in [0, 0.05) is 25.4 Å². The highest BCUT2D eigenvalue weighted by atomic mass is 16.5. The third-order valence-corrected chi connectivity index (χ3v) is 4.10. The van der Waals surface area contributed by atoms with Crippen LogP contribution in [0.25, 0.3) is 0 Å². The molecule has 0 radical (unpaired) electrons. The predicted octanol–water partition coefficient (Wildman–Crippen LogP) is 3.84. The number of rotatable bonds is 6. The van der Waals surface area contributed by atoms with Gasteiger partial charge >= 0.3 is 0 Å². The zero-order valence-corrected chi connectivity index (χ0v) is 13.2. The summed E-state index contributed by atoms with van der Waals surface area (Å²) in [6.45, 7) is 7.44. The lowest BCUT2D eigenvalue weighted by Crippen LogP contribution is -2.28. The molecule has 0 aromatic carbocycles. The maximum Gasteiger partial charge on any atom is 0.162 e. The molecule has 1 aromatic rings. The van der Waals surface area contributed by atoms with Crippen molar-refractivity contribution < 1.29 is 4.74 Å². The number of aromatic nitrogens is 2. The molecule has 0 saturated heterocycles. The Balaban J connectivity index is 2.37. The molecule has 1 aromatic heterocycles. The molecule has 0 amide bonds. The second kappa shape index (κ2) is 6.53. The lowest BCUT2D eigenvalue weighted by atomic mass is 10.00. The van der Waals surface area contributed by atoms with Crippen LogP contribution in [-0.4, -0.2) is 23.6 Å². The van der Waals surface area contributed by atoms with Gasteiger partial charge in [-0.05, 0) is 38.0 Å². The second-order valence-electron chi connectivity index (χ2n) is 5.99. The van der Waals surface area contributed by atoms with E-state index in [2.05, 4.69) is 32.2 Å². The number of ether oxygens (including phenoxy) is 1. The molecular weight excluding hydrogens is 250 g/mol. The fourth-order valence-corrected chi connectivity index (χ4v) is 2.77. The van der Waals surface area contributed by atoms with Crippen LogP contribution < -0.4 is 5.32 Å². The highest BCUT2D eigenvalue weighted by Crippen LogP contribution is 2.40. The van der Waals surface area contributed by atoms with Crippen molar-refractivity contribution in [1.82, 2.24) is 9.97 Å². The first kappa shape index (κ1) is 15.2. The van der Waals surface area contributed by atoms with Crippen molar-refractivity contribution in [2.24, 2.45) is 0 Å². The molecule has 4 heteroatoms. The Hall–Kier alpha value is -1.16. The van der Waals surface area contributed by atoms with E-state index in [1.54, 1.807) is 7.11 Å². The molecule has 0 atom stereocenters. The molecule has 1 N–H and O–H groups in total. The summed E-state index contributed by atoms with van der Waals surface area (Å²) in [5.74, 6) is 2.19. The lowest BCUT2D eigenvalue weighted by Gasteiger charge is -2.27. The van der Waals surface area contributed by atoms with Crippen molar-refractivity contribution in [1.29, 1.82) is 0 Å². The van der Waals surface area contributed by atoms with Crippen molar-refractivity contribution in [3.8, 4) is 0 Å². The maximum atomic E-state index is 5.83. The van der Waals surface area contributed by atoms with Crippen LogP contribution in [0.1, 0.15) is 70.3 Å². The van der Waals surface area contributed by atoms with Gasteiger partial charge in [0.05, 0.1) is 0 Å². The van der Waals surface area contributed by atoms with E-state index in [1.165, 1.54) is 12.8 Å². The number of anilines is 1. The molecule has 0 bridgehead atoms. The summed E-state index contributed by atoms with van der Waals surface area (Å²) in [5, 5.41) is 3.39. The predicted molar refractivity (Wildman–Crippen MR) is 82.1 cm³/mol. The minimum atomic E-state index is -0.270. The Labute approximate surface area is 122 Å². The van der Waals surface area contributed by atoms with Crippen LogP contribution in [-0.2, 0) is 10.3 Å². The highest BCUT2D eigenvalue weighted by Gasteiger charge is 2.39. The van der Waals surface area contributed by atoms with Gasteiger partial charge in [-0.2, -0.15) is 0 Å². The number of hydrogen-bond acceptors (Lipinski definition) is 4. The Kier molecular flexibility index (Phi) is 4.97. The lowest BCUT2D eigenvalue weighted by molar-refractivity contribution is -0.0163. The highest BCUT2D eigenvalue weighted by molar-refractivity contribution is 5.38. The second-order valence-corrected chi connectivity index (χ2v) is 5.99. The van der Waals surface area contributed by atoms with Crippen molar-refractivity contribution in [2.75, 3.05) is 19.0 Å². The van der Waals surface area contributed by atoms with Crippen molar-refractivity contribution in [3.63, 3.8) is 0 Å². The summed E-state index contributed by atoms with van der Waals surface area (Å²) >= 11 is 0. The van der Waals surface area contributed by atoms with Crippen LogP contribution in [0, 0.1) is 0 Å². The van der Waals surface area contributed by atoms with Crippen LogP contribution >= 0.6 is 0 Å². The number of methoxy groups -OCH3 is 1. The third-order valence-electron chi connectivity index (χ3n) is 4.10. The molecule has 2 rings (SSSR count). The SMILES string of the molecule is CCCNc1cc(C(C)C)nc(C2(OC)CCCC2)n1. The van der Waals surface area contributed by atoms with Gasteiger partial charge in [0.1, 0.15) is 11.4 Å². The van der Waals surface area contributed by atoms with Gasteiger partial charge < -0.3 is 10.1 Å². The first-order chi connectivity index (χ1) is 9.61. The molecular formula is C16H27N3O. The Bertz CT molecular complexity index is 439. The fourth-order valence-electron chi connectivity index (χ4n) is 2.77. The molecule has 0 aliphatic heterocycles. The zero-order chi connectivity index (χ0) is 14.6. The maximum absolute atomic E-state index is 5.83. The Morgan fingerprint density at radius 3 is 2.55 bits per heavy atom. The Morgan fingerprint density at radius 1 is 1.30 bits per heavy atom. The first-order valence-electron chi connectivity index (χ1n) is 7.80. The topological polar surface area (TPSA) is 47.0 Å². The van der Waals surface area contributed by atoms with E-state index in [0.717, 1.165) is 43.1 Å². The molecule has 1 aliphatic carbocycles. The number of nitrogens with zero attached hydrogens (tertiary/aromatic N) is 2. The van der Waals surface area contributed by atoms with Gasteiger partial charge in [0.25, 0.3) is 0 Å². The largest absolute Gasteiger partial charge is 0.370 e. The molecule has 112 valence electrons. The average molecular weight is 277 g/mol. The minimum Gasteiger partial charge on any atom is -0.370 e. The quantitative estimate of drug-likeness (QED) is 0.858. The van der Waals surface area contributed by atoms with E-state index < -0.39 is 0 Å². The molecule has 0 spiro atoms. The first-order valence-corrected chi connectivity index (χ1v) is 7.80. The zero-order valence-electron chi connectivity index (χ0n) is 13.2. The molecule has 0 unspecified atom stereocenters. The van der Waals surface area contributed by atoms with Crippen LogP contribution in [0.5, 0.6) is 0 Å². The van der Waals surface area contributed by atoms with Gasteiger partial charge in [-0.25, -0.2) is 9.97 Å². The van der Waals surface area contributed by atoms with E-state index in [1.807, 2.05) is 0 Å². The standard InChI is InChI=1S/C16H27N3O/c1-5-10-17-14-11-13(12(2)3)18-15(19-14)16(20-4)8-6-7-9-16/h11-12H,5-10H2,1-4H3,(H,17,18,19). The number of hydrogen-bond donors (Lipinski definition) is 1. The molecule has 20 heavy (non-hydrogen) atoms. The van der Waals surface area contributed by atoms with Gasteiger partial charge in [0.2, 0.25) is 0 Å². The van der Waals surface area contributed by atoms with Crippen LogP contribution in [0.15, 0.2) is 6.07 Å². The van der Waals surface area contributed by atoms with Crippen LogP contribution in [0.4, 0.5) is 5.82 Å². The third kappa shape index (κ3) is 3.11. The Morgan fingerprint density at radius 2 is 2.00 bits per heavy atom. The van der Waals surface area contributed by atoms with Crippen molar-refractivity contribution >= 4 is 5.82 Å². The fraction of sp³-hybridized carbons (Fsp3) is 0.750. The van der Waals surface area contributed by atoms with E-state index >= 15 is 0 Å². The number of nitrogens with one attached hydrogen (secondary N) is 1. The van der Waals surface area contributed by atoms with Crippen LogP contribution in [0.2, 0.25) is 0 Å². The smallest absolute Gasteiger partial charge is 0.162 e. The molecule has 1 heterocycles. The minimum absolute atomic E-state index is 0.270. The summed E-state index contributed by atoms with van der Waals surface area (Å²) in [6.07, 6.45) is 5.53. The van der Waals surface area contributed by atoms with Crippen LogP contribution in [0.3, 0.4) is 0 Å². The molecule has 1 aliphatic rings. The van der Waals surface area contributed by atoms with Gasteiger partial charge in [0.15, 0.2) is 5.82 Å². The van der Waals surface area contributed by atoms with Gasteiger partial charge in [-0.3, -0.25) is 0 Å². The monoisotopic (exact) mass is 277 g/mol. The van der Waals surface area contributed by atoms with E-state index in [0.29, 0.717) is 5.92 Å². The summed E-state index contributed by atoms with van der Waals surface area (Å²) < 4.78 is 5.83. The molecule has 1 saturated carbocycles. The van der Waals surface area contributed by atoms with E-state index in [9.17, 15) is 0 Å². The summed E-state index contributed by atoms with van der Waals surface area (Å²) in [5.41, 5.74) is 0.824. The summed E-state index contributed by atoms with van der Waals surface area (Å²) in [7, 11) is 1.79. The van der Waals surface area contributed by atoms with Gasteiger partial charge in [-0.1, -0.05) is 20.8 Å². The molecule has 4 nitrogen and oxygen atoms in total. The summed E-state index contributed by atoms with van der Waals surface area (Å²) in [4.78, 5) is 9.52. The normalized spacial score (nSPS) is 17.6.